The molecule has 2 fully saturated rings. The van der Waals surface area contributed by atoms with Crippen LogP contribution in [0.25, 0.3) is 0 Å². The van der Waals surface area contributed by atoms with Gasteiger partial charge in [0.15, 0.2) is 0 Å². The van der Waals surface area contributed by atoms with Crippen molar-refractivity contribution in [3.8, 4) is 0 Å². The molecule has 0 saturated carbocycles. The minimum Gasteiger partial charge on any atom is -0.384 e. The summed E-state index contributed by atoms with van der Waals surface area (Å²) in [6, 6.07) is 1.77. The second-order valence-corrected chi connectivity index (χ2v) is 8.19. The van der Waals surface area contributed by atoms with Gasteiger partial charge in [-0.1, -0.05) is 0 Å². The van der Waals surface area contributed by atoms with Crippen LogP contribution < -0.4 is 4.90 Å². The van der Waals surface area contributed by atoms with Crippen molar-refractivity contribution in [1.82, 2.24) is 18.6 Å². The first-order valence-corrected chi connectivity index (χ1v) is 9.77. The summed E-state index contributed by atoms with van der Waals surface area (Å²) in [4.78, 5) is 10.5. The number of anilines is 1. The van der Waals surface area contributed by atoms with Crippen molar-refractivity contribution in [2.45, 2.75) is 12.8 Å². The topological polar surface area (TPSA) is 78.9 Å². The molecule has 0 amide bonds. The molecule has 0 aromatic carbocycles. The fourth-order valence-electron chi connectivity index (χ4n) is 3.34. The first-order valence-electron chi connectivity index (χ1n) is 8.37. The predicted molar refractivity (Wildman–Crippen MR) is 90.9 cm³/mol. The molecule has 1 aromatic rings. The van der Waals surface area contributed by atoms with Crippen molar-refractivity contribution >= 4 is 16.2 Å². The Morgan fingerprint density at radius 3 is 2.50 bits per heavy atom. The van der Waals surface area contributed by atoms with Crippen LogP contribution in [0.3, 0.4) is 0 Å². The molecule has 3 heterocycles. The Morgan fingerprint density at radius 1 is 1.12 bits per heavy atom. The van der Waals surface area contributed by atoms with Crippen LogP contribution in [-0.2, 0) is 14.9 Å². The lowest BCUT2D eigenvalue weighted by atomic mass is 10.0. The van der Waals surface area contributed by atoms with Gasteiger partial charge in [0, 0.05) is 58.8 Å². The predicted octanol–water partition coefficient (Wildman–Crippen LogP) is 0.202. The Morgan fingerprint density at radius 2 is 1.83 bits per heavy atom. The Bertz CT molecular complexity index is 617. The molecule has 0 bridgehead atoms. The first kappa shape index (κ1) is 17.5. The van der Waals surface area contributed by atoms with Crippen molar-refractivity contribution in [3.05, 3.63) is 18.5 Å². The second-order valence-electron chi connectivity index (χ2n) is 6.26. The van der Waals surface area contributed by atoms with E-state index in [1.807, 2.05) is 4.90 Å². The number of methoxy groups -OCH3 is 1. The maximum atomic E-state index is 12.9. The molecule has 1 unspecified atom stereocenters. The molecule has 0 aliphatic carbocycles. The van der Waals surface area contributed by atoms with E-state index in [-0.39, 0.29) is 5.92 Å². The molecule has 0 spiro atoms. The summed E-state index contributed by atoms with van der Waals surface area (Å²) in [6.45, 7) is 3.92. The monoisotopic (exact) mass is 355 g/mol. The molecular weight excluding hydrogens is 330 g/mol. The van der Waals surface area contributed by atoms with Gasteiger partial charge in [-0.15, -0.1) is 0 Å². The summed E-state index contributed by atoms with van der Waals surface area (Å²) in [7, 11) is -1.73. The highest BCUT2D eigenvalue weighted by Gasteiger charge is 2.35. The summed E-state index contributed by atoms with van der Waals surface area (Å²) in [5.41, 5.74) is 0. The van der Waals surface area contributed by atoms with E-state index in [9.17, 15) is 8.42 Å². The largest absolute Gasteiger partial charge is 0.384 e. The van der Waals surface area contributed by atoms with E-state index in [4.69, 9.17) is 4.74 Å². The van der Waals surface area contributed by atoms with E-state index in [1.165, 1.54) is 0 Å². The summed E-state index contributed by atoms with van der Waals surface area (Å²) < 4.78 is 34.2. The number of hydrogen-bond donors (Lipinski definition) is 0. The first-order chi connectivity index (χ1) is 11.6. The fourth-order valence-corrected chi connectivity index (χ4v) is 5.06. The molecule has 3 rings (SSSR count). The van der Waals surface area contributed by atoms with Crippen LogP contribution >= 0.6 is 0 Å². The van der Waals surface area contributed by atoms with Crippen molar-refractivity contribution in [3.63, 3.8) is 0 Å². The second kappa shape index (κ2) is 7.73. The molecular formula is C15H25N5O3S. The lowest BCUT2D eigenvalue weighted by Gasteiger charge is -2.39. The van der Waals surface area contributed by atoms with Crippen molar-refractivity contribution in [2.24, 2.45) is 5.92 Å². The number of hydrogen-bond acceptors (Lipinski definition) is 6. The molecule has 2 aliphatic rings. The smallest absolute Gasteiger partial charge is 0.282 e. The van der Waals surface area contributed by atoms with Gasteiger partial charge >= 0.3 is 0 Å². The molecule has 2 aliphatic heterocycles. The molecule has 1 atom stereocenters. The van der Waals surface area contributed by atoms with Crippen LogP contribution in [0.4, 0.5) is 5.95 Å². The van der Waals surface area contributed by atoms with Crippen LogP contribution in [0.15, 0.2) is 18.5 Å². The zero-order valence-corrected chi connectivity index (χ0v) is 14.9. The number of rotatable bonds is 5. The third kappa shape index (κ3) is 3.85. The van der Waals surface area contributed by atoms with Gasteiger partial charge in [-0.05, 0) is 24.8 Å². The third-order valence-electron chi connectivity index (χ3n) is 4.61. The average molecular weight is 355 g/mol. The van der Waals surface area contributed by atoms with Gasteiger partial charge in [0.1, 0.15) is 0 Å². The Hall–Kier alpha value is -1.29. The highest BCUT2D eigenvalue weighted by molar-refractivity contribution is 7.86. The van der Waals surface area contributed by atoms with Crippen molar-refractivity contribution in [2.75, 3.05) is 57.9 Å². The van der Waals surface area contributed by atoms with E-state index < -0.39 is 10.2 Å². The minimum absolute atomic E-state index is 0.289. The number of piperazine rings is 1. The van der Waals surface area contributed by atoms with Gasteiger partial charge in [-0.3, -0.25) is 0 Å². The van der Waals surface area contributed by atoms with E-state index in [2.05, 4.69) is 9.97 Å². The number of ether oxygens (including phenoxy) is 1. The Kier molecular flexibility index (Phi) is 5.65. The third-order valence-corrected chi connectivity index (χ3v) is 6.61. The summed E-state index contributed by atoms with van der Waals surface area (Å²) in [6.07, 6.45) is 5.33. The van der Waals surface area contributed by atoms with Gasteiger partial charge in [-0.2, -0.15) is 17.0 Å². The molecule has 8 nitrogen and oxygen atoms in total. The maximum absolute atomic E-state index is 12.9. The highest BCUT2D eigenvalue weighted by atomic mass is 32.2. The molecule has 0 N–H and O–H groups in total. The van der Waals surface area contributed by atoms with Crippen LogP contribution in [0.5, 0.6) is 0 Å². The van der Waals surface area contributed by atoms with E-state index >= 15 is 0 Å². The van der Waals surface area contributed by atoms with Crippen LogP contribution in [-0.4, -0.2) is 80.0 Å². The van der Waals surface area contributed by atoms with Gasteiger partial charge < -0.3 is 9.64 Å². The molecule has 2 saturated heterocycles. The van der Waals surface area contributed by atoms with Gasteiger partial charge in [0.05, 0.1) is 6.61 Å². The van der Waals surface area contributed by atoms with Gasteiger partial charge in [0.2, 0.25) is 5.95 Å². The lowest BCUT2D eigenvalue weighted by Crippen LogP contribution is -2.55. The Balaban J connectivity index is 1.60. The highest BCUT2D eigenvalue weighted by Crippen LogP contribution is 2.22. The van der Waals surface area contributed by atoms with Crippen LogP contribution in [0, 0.1) is 5.92 Å². The quantitative estimate of drug-likeness (QED) is 0.751. The van der Waals surface area contributed by atoms with Crippen molar-refractivity contribution in [1.29, 1.82) is 0 Å². The number of nitrogens with zero attached hydrogens (tertiary/aromatic N) is 5. The SMILES string of the molecule is COCC1CCCN(S(=O)(=O)N2CCN(c3ncccn3)CC2)C1. The zero-order valence-electron chi connectivity index (χ0n) is 14.0. The number of piperidine rings is 1. The van der Waals surface area contributed by atoms with Gasteiger partial charge in [0.25, 0.3) is 10.2 Å². The molecule has 0 radical (unpaired) electrons. The Labute approximate surface area is 143 Å². The van der Waals surface area contributed by atoms with E-state index in [1.54, 1.807) is 34.2 Å². The van der Waals surface area contributed by atoms with Gasteiger partial charge in [-0.25, -0.2) is 9.97 Å². The molecule has 134 valence electrons. The fraction of sp³-hybridized carbons (Fsp3) is 0.733. The zero-order chi connectivity index (χ0) is 17.0. The van der Waals surface area contributed by atoms with E-state index in [0.717, 1.165) is 12.8 Å². The minimum atomic E-state index is -3.40. The number of aromatic nitrogens is 2. The van der Waals surface area contributed by atoms with Crippen LogP contribution in [0.1, 0.15) is 12.8 Å². The van der Waals surface area contributed by atoms with Crippen LogP contribution in [0.2, 0.25) is 0 Å². The standard InChI is InChI=1S/C15H25N5O3S/c1-23-13-14-4-2-7-20(12-14)24(21,22)19-10-8-18(9-11-19)15-16-5-3-6-17-15/h3,5-6,14H,2,4,7-13H2,1H3. The molecule has 9 heteroatoms. The summed E-state index contributed by atoms with van der Waals surface area (Å²) in [5.74, 6) is 0.949. The summed E-state index contributed by atoms with van der Waals surface area (Å²) >= 11 is 0. The normalized spacial score (nSPS) is 24.2. The maximum Gasteiger partial charge on any atom is 0.282 e. The van der Waals surface area contributed by atoms with Crippen molar-refractivity contribution < 1.29 is 13.2 Å². The molecule has 24 heavy (non-hydrogen) atoms. The molecule has 1 aromatic heterocycles. The van der Waals surface area contributed by atoms with E-state index in [0.29, 0.717) is 51.8 Å². The average Bonchev–Trinajstić information content (AvgIpc) is 2.63. The summed E-state index contributed by atoms with van der Waals surface area (Å²) in [5, 5.41) is 0. The lowest BCUT2D eigenvalue weighted by molar-refractivity contribution is 0.116.